The van der Waals surface area contributed by atoms with Gasteiger partial charge in [0.05, 0.1) is 18.0 Å². The van der Waals surface area contributed by atoms with Crippen molar-refractivity contribution in [1.82, 2.24) is 0 Å². The van der Waals surface area contributed by atoms with Gasteiger partial charge in [-0.3, -0.25) is 0 Å². The van der Waals surface area contributed by atoms with Crippen LogP contribution in [-0.2, 0) is 0 Å². The Kier molecular flexibility index (Phi) is 5.82. The molecule has 10 aromatic rings. The molecule has 54 heavy (non-hydrogen) atoms. The molecule has 0 amide bonds. The van der Waals surface area contributed by atoms with Gasteiger partial charge in [0, 0.05) is 27.7 Å². The molecule has 254 valence electrons. The maximum atomic E-state index is 9.67. The van der Waals surface area contributed by atoms with E-state index < -0.39 is 18.1 Å². The number of rotatable bonds is 7. The van der Waals surface area contributed by atoms with Crippen LogP contribution >= 0.6 is 0 Å². The highest BCUT2D eigenvalue weighted by molar-refractivity contribution is 6.19. The van der Waals surface area contributed by atoms with E-state index >= 15 is 0 Å². The van der Waals surface area contributed by atoms with E-state index in [4.69, 9.17) is 11.3 Å². The molecule has 0 fully saturated rings. The molecule has 0 radical (unpaired) electrons. The summed E-state index contributed by atoms with van der Waals surface area (Å²) < 4.78 is 86.4. The van der Waals surface area contributed by atoms with Gasteiger partial charge in [0.1, 0.15) is 11.2 Å². The van der Waals surface area contributed by atoms with Gasteiger partial charge in [0.15, 0.2) is 0 Å². The van der Waals surface area contributed by atoms with Crippen molar-refractivity contribution in [1.29, 1.82) is 0 Å². The summed E-state index contributed by atoms with van der Waals surface area (Å²) in [5.41, 5.74) is 7.32. The average molecular weight is 699 g/mol. The Bertz CT molecular complexity index is 3380. The van der Waals surface area contributed by atoms with E-state index in [0.717, 1.165) is 49.4 Å². The van der Waals surface area contributed by atoms with E-state index in [1.54, 1.807) is 29.2 Å². The van der Waals surface area contributed by atoms with Crippen LogP contribution in [0.25, 0.3) is 77.2 Å². The molecule has 2 nitrogen and oxygen atoms in total. The van der Waals surface area contributed by atoms with Gasteiger partial charge in [-0.25, -0.2) is 0 Å². The zero-order valence-electron chi connectivity index (χ0n) is 37.9. The van der Waals surface area contributed by atoms with Gasteiger partial charge >= 0.3 is 0 Å². The molecule has 0 N–H and O–H groups in total. The van der Waals surface area contributed by atoms with E-state index in [0.29, 0.717) is 28.1 Å². The number of anilines is 3. The zero-order chi connectivity index (χ0) is 43.7. The molecule has 0 saturated carbocycles. The molecule has 0 spiro atoms. The fourth-order valence-corrected chi connectivity index (χ4v) is 7.21. The first-order valence-electron chi connectivity index (χ1n) is 22.2. The van der Waals surface area contributed by atoms with Crippen molar-refractivity contribution in [3.05, 3.63) is 212 Å². The number of furan rings is 1. The van der Waals surface area contributed by atoms with Crippen LogP contribution in [0.2, 0.25) is 0 Å². The lowest BCUT2D eigenvalue weighted by Gasteiger charge is -2.28. The quantitative estimate of drug-likeness (QED) is 0.165. The molecular weight excluding hydrogens is 655 g/mol. The molecule has 0 atom stereocenters. The fourth-order valence-electron chi connectivity index (χ4n) is 7.21. The summed E-state index contributed by atoms with van der Waals surface area (Å²) in [4.78, 5) is 1.71. The second-order valence-electron chi connectivity index (χ2n) is 13.0. The molecule has 0 unspecified atom stereocenters. The highest BCUT2D eigenvalue weighted by atomic mass is 16.3. The van der Waals surface area contributed by atoms with Crippen molar-refractivity contribution in [2.45, 2.75) is 0 Å². The fraction of sp³-hybridized carbons (Fsp3) is 0. The lowest BCUT2D eigenvalue weighted by atomic mass is 9.97. The first kappa shape index (κ1) is 23.4. The molecule has 1 heterocycles. The van der Waals surface area contributed by atoms with Crippen LogP contribution in [0.4, 0.5) is 17.1 Å². The van der Waals surface area contributed by atoms with Crippen molar-refractivity contribution in [2.24, 2.45) is 0 Å². The lowest BCUT2D eigenvalue weighted by Crippen LogP contribution is -2.11. The highest BCUT2D eigenvalue weighted by Crippen LogP contribution is 2.43. The van der Waals surface area contributed by atoms with Crippen LogP contribution in [0.1, 0.15) is 12.3 Å². The monoisotopic (exact) mass is 698 g/mol. The van der Waals surface area contributed by atoms with Crippen LogP contribution in [-0.4, -0.2) is 0 Å². The number of para-hydroxylation sites is 2. The van der Waals surface area contributed by atoms with E-state index in [-0.39, 0.29) is 53.1 Å². The minimum Gasteiger partial charge on any atom is -0.456 e. The van der Waals surface area contributed by atoms with Crippen molar-refractivity contribution < 1.29 is 16.8 Å². The summed E-state index contributed by atoms with van der Waals surface area (Å²) in [6, 6.07) is 46.8. The van der Waals surface area contributed by atoms with Crippen LogP contribution in [0.5, 0.6) is 0 Å². The zero-order valence-corrected chi connectivity index (χ0v) is 28.9. The first-order valence-corrected chi connectivity index (χ1v) is 17.7. The molecule has 0 aliphatic carbocycles. The lowest BCUT2D eigenvalue weighted by molar-refractivity contribution is 0.669. The molecular formula is C52H35NO. The molecule has 2 heteroatoms. The minimum absolute atomic E-state index is 0.0154. The molecule has 9 aromatic carbocycles. The summed E-state index contributed by atoms with van der Waals surface area (Å²) in [6.45, 7) is 0. The van der Waals surface area contributed by atoms with Crippen molar-refractivity contribution in [3.8, 4) is 44.5 Å². The Morgan fingerprint density at radius 2 is 1.00 bits per heavy atom. The Labute approximate surface area is 327 Å². The van der Waals surface area contributed by atoms with Gasteiger partial charge < -0.3 is 9.32 Å². The molecule has 1 aromatic heterocycles. The number of hydrogen-bond acceptors (Lipinski definition) is 2. The van der Waals surface area contributed by atoms with E-state index in [1.165, 1.54) is 0 Å². The Balaban J connectivity index is 1.16. The number of nitrogens with zero attached hydrogens (tertiary/aromatic N) is 1. The predicted molar refractivity (Wildman–Crippen MR) is 228 cm³/mol. The van der Waals surface area contributed by atoms with E-state index in [1.807, 2.05) is 133 Å². The summed E-state index contributed by atoms with van der Waals surface area (Å²) in [7, 11) is 0. The first-order chi connectivity index (χ1) is 30.5. The molecule has 0 aliphatic heterocycles. The smallest absolute Gasteiger partial charge is 0.136 e. The minimum atomic E-state index is -0.483. The number of benzene rings is 9. The van der Waals surface area contributed by atoms with Crippen molar-refractivity contribution >= 4 is 49.8 Å². The Hall–Kier alpha value is -7.16. The van der Waals surface area contributed by atoms with E-state index in [2.05, 4.69) is 0 Å². The van der Waals surface area contributed by atoms with Crippen molar-refractivity contribution in [2.75, 3.05) is 4.90 Å². The largest absolute Gasteiger partial charge is 0.456 e. The van der Waals surface area contributed by atoms with Crippen LogP contribution in [0.3, 0.4) is 0 Å². The normalized spacial score (nSPS) is 13.7. The van der Waals surface area contributed by atoms with Gasteiger partial charge in [0.25, 0.3) is 0 Å². The Morgan fingerprint density at radius 1 is 0.389 bits per heavy atom. The average Bonchev–Trinajstić information content (AvgIpc) is 3.71. The topological polar surface area (TPSA) is 16.4 Å². The van der Waals surface area contributed by atoms with Crippen LogP contribution in [0.15, 0.2) is 217 Å². The van der Waals surface area contributed by atoms with Gasteiger partial charge in [-0.1, -0.05) is 164 Å². The summed E-state index contributed by atoms with van der Waals surface area (Å²) in [5.74, 6) is 0. The highest BCUT2D eigenvalue weighted by Gasteiger charge is 2.18. The van der Waals surface area contributed by atoms with Crippen molar-refractivity contribution in [3.63, 3.8) is 0 Å². The standard InChI is InChI=1S/C52H35NO/c1-3-11-36(12-4-1)38-19-21-41(22-20-38)46-15-7-9-17-49(46)53(44-30-25-39(26-31-44)37-13-5-2-6-14-37)45-32-27-40(28-33-45)43-24-23-42-29-34-51-52(48(42)35-43)47-16-8-10-18-50(47)54-51/h1-35H/i2D,5D,6D,13D,14D,27D,28D,32D,33D. The maximum Gasteiger partial charge on any atom is 0.136 e. The number of hydrogen-bond donors (Lipinski definition) is 0. The molecule has 0 aliphatic rings. The second kappa shape index (κ2) is 13.4. The molecule has 0 saturated heterocycles. The van der Waals surface area contributed by atoms with Gasteiger partial charge in [0.2, 0.25) is 0 Å². The summed E-state index contributed by atoms with van der Waals surface area (Å²) in [6.07, 6.45) is 0. The molecule has 0 bridgehead atoms. The Morgan fingerprint density at radius 3 is 1.81 bits per heavy atom. The maximum absolute atomic E-state index is 9.67. The van der Waals surface area contributed by atoms with Gasteiger partial charge in [-0.15, -0.1) is 0 Å². The molecule has 10 rings (SSSR count). The third-order valence-electron chi connectivity index (χ3n) is 9.85. The summed E-state index contributed by atoms with van der Waals surface area (Å²) in [5, 5.41) is 3.65. The number of fused-ring (bicyclic) bond motifs is 5. The van der Waals surface area contributed by atoms with Crippen LogP contribution < -0.4 is 4.90 Å². The predicted octanol–water partition coefficient (Wildman–Crippen LogP) is 14.9. The van der Waals surface area contributed by atoms with Crippen LogP contribution in [0, 0.1) is 0 Å². The van der Waals surface area contributed by atoms with E-state index in [9.17, 15) is 5.48 Å². The third kappa shape index (κ3) is 5.71. The van der Waals surface area contributed by atoms with Gasteiger partial charge in [-0.05, 0) is 98.2 Å². The second-order valence-corrected chi connectivity index (χ2v) is 13.0. The SMILES string of the molecule is [2H]c1c([2H])c([2H])c(-c2ccc(N(c3ccccc3-c3ccc(-c4ccccc4)cc3)c3c([2H])c([2H])c(-c4ccc5ccc6oc7ccccc7c6c5c4)c([2H])c3[2H])cc2)c([2H])c1[2H]. The third-order valence-corrected chi connectivity index (χ3v) is 9.85. The van der Waals surface area contributed by atoms with Gasteiger partial charge in [-0.2, -0.15) is 0 Å². The summed E-state index contributed by atoms with van der Waals surface area (Å²) >= 11 is 0.